The fraction of sp³-hybridized carbons (Fsp3) is 0.429. The van der Waals surface area contributed by atoms with E-state index in [0.717, 1.165) is 17.5 Å². The van der Waals surface area contributed by atoms with E-state index in [-0.39, 0.29) is 30.3 Å². The molecule has 0 radical (unpaired) electrons. The van der Waals surface area contributed by atoms with Crippen molar-refractivity contribution in [3.63, 3.8) is 0 Å². The number of amides is 1. The van der Waals surface area contributed by atoms with Gasteiger partial charge in [-0.15, -0.1) is 0 Å². The zero-order valence-corrected chi connectivity index (χ0v) is 22.5. The summed E-state index contributed by atoms with van der Waals surface area (Å²) < 4.78 is 19.2. The number of furan rings is 1. The fourth-order valence-corrected chi connectivity index (χ4v) is 4.95. The second kappa shape index (κ2) is 11.6. The van der Waals surface area contributed by atoms with Gasteiger partial charge in [0.15, 0.2) is 5.76 Å². The van der Waals surface area contributed by atoms with Gasteiger partial charge in [0.05, 0.1) is 24.5 Å². The quantitative estimate of drug-likeness (QED) is 0.305. The maximum absolute atomic E-state index is 13.8. The molecule has 0 bridgehead atoms. The summed E-state index contributed by atoms with van der Waals surface area (Å²) in [5, 5.41) is 15.7. The number of hydrogen-bond acceptors (Lipinski definition) is 8. The number of carbonyl (C=O) groups is 2. The Morgan fingerprint density at radius 3 is 2.76 bits per heavy atom. The zero-order chi connectivity index (χ0) is 27.4. The Labute approximate surface area is 222 Å². The van der Waals surface area contributed by atoms with Gasteiger partial charge in [0, 0.05) is 56.3 Å². The van der Waals surface area contributed by atoms with E-state index in [1.165, 1.54) is 12.4 Å². The van der Waals surface area contributed by atoms with Gasteiger partial charge < -0.3 is 24.6 Å². The van der Waals surface area contributed by atoms with Gasteiger partial charge in [-0.3, -0.25) is 14.4 Å². The number of ether oxygens (including phenoxy) is 2. The van der Waals surface area contributed by atoms with Gasteiger partial charge in [-0.2, -0.15) is 5.10 Å². The highest BCUT2D eigenvalue weighted by molar-refractivity contribution is 6.18. The molecule has 0 spiro atoms. The summed E-state index contributed by atoms with van der Waals surface area (Å²) in [4.78, 5) is 28.9. The van der Waals surface area contributed by atoms with Gasteiger partial charge in [0.25, 0.3) is 0 Å². The molecule has 38 heavy (non-hydrogen) atoms. The Kier molecular flexibility index (Phi) is 8.31. The number of rotatable bonds is 9. The minimum atomic E-state index is -0.544. The molecule has 1 aliphatic rings. The summed E-state index contributed by atoms with van der Waals surface area (Å²) in [7, 11) is 3.50. The Bertz CT molecular complexity index is 1370. The van der Waals surface area contributed by atoms with E-state index in [9.17, 15) is 9.59 Å². The molecule has 3 heterocycles. The van der Waals surface area contributed by atoms with Crippen molar-refractivity contribution in [1.29, 1.82) is 5.41 Å². The van der Waals surface area contributed by atoms with Crippen LogP contribution in [0.5, 0.6) is 0 Å². The van der Waals surface area contributed by atoms with Crippen LogP contribution in [-0.4, -0.2) is 60.3 Å². The average molecular weight is 522 g/mol. The lowest BCUT2D eigenvalue weighted by molar-refractivity contribution is 0.00468. The summed E-state index contributed by atoms with van der Waals surface area (Å²) in [6.45, 7) is 6.40. The van der Waals surface area contributed by atoms with Crippen LogP contribution in [0.25, 0.3) is 16.5 Å². The molecule has 10 heteroatoms. The lowest BCUT2D eigenvalue weighted by Gasteiger charge is -2.36. The van der Waals surface area contributed by atoms with Gasteiger partial charge in [-0.05, 0) is 56.4 Å². The minimum Gasteiger partial charge on any atom is -0.450 e. The van der Waals surface area contributed by atoms with Crippen molar-refractivity contribution in [2.24, 2.45) is 7.05 Å². The number of allylic oxidation sites excluding steroid dienone is 1. The molecule has 3 aromatic rings. The van der Waals surface area contributed by atoms with Crippen LogP contribution in [0.3, 0.4) is 0 Å². The molecule has 1 saturated heterocycles. The van der Waals surface area contributed by atoms with Crippen molar-refractivity contribution >= 4 is 40.3 Å². The number of fused-ring (bicyclic) bond motifs is 1. The van der Waals surface area contributed by atoms with Crippen molar-refractivity contribution in [3.05, 3.63) is 53.2 Å². The largest absolute Gasteiger partial charge is 0.450 e. The predicted molar refractivity (Wildman–Crippen MR) is 146 cm³/mol. The summed E-state index contributed by atoms with van der Waals surface area (Å²) in [6, 6.07) is 3.46. The van der Waals surface area contributed by atoms with Gasteiger partial charge in [0.1, 0.15) is 11.3 Å². The zero-order valence-electron chi connectivity index (χ0n) is 22.5. The molecule has 10 nitrogen and oxygen atoms in total. The molecule has 4 rings (SSSR count). The van der Waals surface area contributed by atoms with E-state index in [1.807, 2.05) is 26.0 Å². The maximum atomic E-state index is 13.8. The number of nitrogens with one attached hydrogen (secondary N) is 2. The molecule has 0 unspecified atom stereocenters. The van der Waals surface area contributed by atoms with Gasteiger partial charge >= 0.3 is 6.09 Å². The van der Waals surface area contributed by atoms with Crippen molar-refractivity contribution < 1.29 is 23.5 Å². The number of nitrogens with zero attached hydrogens (tertiary/aromatic N) is 3. The molecule has 1 aromatic carbocycles. The topological polar surface area (TPSA) is 123 Å². The lowest BCUT2D eigenvalue weighted by atomic mass is 9.96. The summed E-state index contributed by atoms with van der Waals surface area (Å²) >= 11 is 0. The number of carbonyl (C=O) groups excluding carboxylic acids is 2. The number of hydrogen-bond donors (Lipinski definition) is 2. The molecular weight excluding hydrogens is 486 g/mol. The maximum Gasteiger partial charge on any atom is 0.414 e. The summed E-state index contributed by atoms with van der Waals surface area (Å²) in [6.07, 6.45) is 7.54. The molecule has 2 N–H and O–H groups in total. The summed E-state index contributed by atoms with van der Waals surface area (Å²) in [5.41, 5.74) is 3.48. The van der Waals surface area contributed by atoms with E-state index in [0.29, 0.717) is 47.2 Å². The van der Waals surface area contributed by atoms with Crippen LogP contribution in [0.15, 0.2) is 35.1 Å². The van der Waals surface area contributed by atoms with Crippen molar-refractivity contribution in [2.45, 2.75) is 52.2 Å². The minimum absolute atomic E-state index is 0.0119. The van der Waals surface area contributed by atoms with Crippen molar-refractivity contribution in [3.8, 4) is 0 Å². The van der Waals surface area contributed by atoms with Crippen LogP contribution in [0, 0.1) is 12.3 Å². The van der Waals surface area contributed by atoms with Crippen LogP contribution < -0.4 is 10.2 Å². The molecule has 0 aliphatic carbocycles. The van der Waals surface area contributed by atoms with E-state index in [2.05, 4.69) is 10.4 Å². The van der Waals surface area contributed by atoms with Crippen LogP contribution >= 0.6 is 0 Å². The number of benzene rings is 1. The second-order valence-corrected chi connectivity index (χ2v) is 9.36. The third kappa shape index (κ3) is 5.22. The smallest absolute Gasteiger partial charge is 0.414 e. The lowest BCUT2D eigenvalue weighted by Crippen LogP contribution is -2.46. The highest BCUT2D eigenvalue weighted by atomic mass is 16.6. The molecule has 2 atom stereocenters. The molecule has 1 aliphatic heterocycles. The van der Waals surface area contributed by atoms with Crippen LogP contribution in [-0.2, 0) is 16.5 Å². The Balaban J connectivity index is 2.00. The van der Waals surface area contributed by atoms with Crippen LogP contribution in [0.1, 0.15) is 60.4 Å². The first-order valence-electron chi connectivity index (χ1n) is 12.9. The predicted octanol–water partition coefficient (Wildman–Crippen LogP) is 4.84. The van der Waals surface area contributed by atoms with Gasteiger partial charge in [0.2, 0.25) is 5.78 Å². The highest BCUT2D eigenvalue weighted by Crippen LogP contribution is 2.41. The highest BCUT2D eigenvalue weighted by Gasteiger charge is 2.37. The fourth-order valence-electron chi connectivity index (χ4n) is 4.95. The average Bonchev–Trinajstić information content (AvgIpc) is 3.50. The summed E-state index contributed by atoms with van der Waals surface area (Å²) in [5.74, 6) is -0.332. The van der Waals surface area contributed by atoms with Gasteiger partial charge in [-0.1, -0.05) is 6.92 Å². The van der Waals surface area contributed by atoms with Crippen molar-refractivity contribution in [2.75, 3.05) is 25.2 Å². The van der Waals surface area contributed by atoms with E-state index >= 15 is 0 Å². The monoisotopic (exact) mass is 521 g/mol. The van der Waals surface area contributed by atoms with E-state index in [1.54, 1.807) is 43.0 Å². The Morgan fingerprint density at radius 2 is 2.13 bits per heavy atom. The standard InChI is InChI=1S/C28H35N5O5/c1-6-21-11-20(8-9-37-21)33(28(35)36-7-2)25-23-12-22(18(13-29)14-30-4)17(3)10-24(23)38-27(25)26(34)19-15-31-32(5)16-19/h10,12-16,20-21,29-30H,6-9,11H2,1-5H3/b18-14+,29-13?/t20-,21-/m0/s1. The molecule has 1 fully saturated rings. The number of aryl methyl sites for hydroxylation is 2. The van der Waals surface area contributed by atoms with Crippen LogP contribution in [0.2, 0.25) is 0 Å². The second-order valence-electron chi connectivity index (χ2n) is 9.36. The number of ketones is 1. The number of anilines is 1. The third-order valence-corrected chi connectivity index (χ3v) is 6.81. The first-order chi connectivity index (χ1) is 18.3. The van der Waals surface area contributed by atoms with Crippen molar-refractivity contribution in [1.82, 2.24) is 15.1 Å². The van der Waals surface area contributed by atoms with Crippen LogP contribution in [0.4, 0.5) is 10.5 Å². The first-order valence-corrected chi connectivity index (χ1v) is 12.9. The molecule has 1 amide bonds. The number of aromatic nitrogens is 2. The SMILES string of the molecule is CCOC(=O)N(c1c(C(=O)c2cnn(C)c2)oc2cc(C)c(/C(C=N)=C/NC)cc12)[C@H]1CCO[C@@H](CC)C1. The molecular formula is C28H35N5O5. The molecule has 2 aromatic heterocycles. The Morgan fingerprint density at radius 1 is 1.34 bits per heavy atom. The third-order valence-electron chi connectivity index (χ3n) is 6.81. The normalized spacial score (nSPS) is 17.9. The molecule has 0 saturated carbocycles. The van der Waals surface area contributed by atoms with E-state index in [4.69, 9.17) is 19.3 Å². The van der Waals surface area contributed by atoms with Gasteiger partial charge in [-0.25, -0.2) is 4.79 Å². The van der Waals surface area contributed by atoms with E-state index < -0.39 is 6.09 Å². The molecule has 202 valence electrons. The first kappa shape index (κ1) is 27.1. The Hall–Kier alpha value is -3.92.